The van der Waals surface area contributed by atoms with Crippen LogP contribution in [-0.4, -0.2) is 23.0 Å². The van der Waals surface area contributed by atoms with Crippen molar-refractivity contribution in [3.05, 3.63) is 96.8 Å². The molecule has 4 aromatic rings. The number of hydrogen-bond donors (Lipinski definition) is 1. The van der Waals surface area contributed by atoms with Crippen molar-refractivity contribution >= 4 is 11.6 Å². The molecular weight excluding hydrogens is 378 g/mol. The molecule has 4 rings (SSSR count). The largest absolute Gasteiger partial charge is 0.493 e. The third kappa shape index (κ3) is 4.44. The molecule has 30 heavy (non-hydrogen) atoms. The predicted octanol–water partition coefficient (Wildman–Crippen LogP) is 5.20. The van der Waals surface area contributed by atoms with Crippen LogP contribution in [0.2, 0.25) is 0 Å². The van der Waals surface area contributed by atoms with E-state index in [-0.39, 0.29) is 5.91 Å². The summed E-state index contributed by atoms with van der Waals surface area (Å²) >= 11 is 0. The number of aromatic nitrogens is 2. The SMILES string of the molecule is COc1ccccc1Oc1cc(-c2cccc(C(=O)Nc3ccccc3)c2)ncn1. The van der Waals surface area contributed by atoms with E-state index in [1.165, 1.54) is 6.33 Å². The van der Waals surface area contributed by atoms with E-state index in [1.807, 2.05) is 60.7 Å². The maximum atomic E-state index is 12.6. The summed E-state index contributed by atoms with van der Waals surface area (Å²) in [6.45, 7) is 0. The van der Waals surface area contributed by atoms with Gasteiger partial charge in [-0.1, -0.05) is 42.5 Å². The molecule has 0 radical (unpaired) electrons. The summed E-state index contributed by atoms with van der Waals surface area (Å²) in [7, 11) is 1.58. The Hall–Kier alpha value is -4.19. The van der Waals surface area contributed by atoms with E-state index in [9.17, 15) is 4.79 Å². The first-order valence-corrected chi connectivity index (χ1v) is 9.33. The number of hydrogen-bond acceptors (Lipinski definition) is 5. The van der Waals surface area contributed by atoms with Gasteiger partial charge in [-0.15, -0.1) is 0 Å². The first-order chi connectivity index (χ1) is 14.7. The Kier molecular flexibility index (Phi) is 5.66. The summed E-state index contributed by atoms with van der Waals surface area (Å²) in [5, 5.41) is 2.88. The Morgan fingerprint density at radius 3 is 2.40 bits per heavy atom. The number of amides is 1. The lowest BCUT2D eigenvalue weighted by atomic mass is 10.1. The number of nitrogens with one attached hydrogen (secondary N) is 1. The van der Waals surface area contributed by atoms with Crippen LogP contribution in [0, 0.1) is 0 Å². The Labute approximate surface area is 174 Å². The summed E-state index contributed by atoms with van der Waals surface area (Å²) in [5.41, 5.74) is 2.69. The zero-order chi connectivity index (χ0) is 20.8. The summed E-state index contributed by atoms with van der Waals surface area (Å²) in [5.74, 6) is 1.35. The van der Waals surface area contributed by atoms with Gasteiger partial charge in [0.2, 0.25) is 5.88 Å². The number of rotatable bonds is 6. The van der Waals surface area contributed by atoms with Crippen molar-refractivity contribution in [3.8, 4) is 28.6 Å². The van der Waals surface area contributed by atoms with Gasteiger partial charge in [-0.2, -0.15) is 0 Å². The Balaban J connectivity index is 1.57. The molecule has 0 unspecified atom stereocenters. The molecule has 0 bridgehead atoms. The number of carbonyl (C=O) groups excluding carboxylic acids is 1. The minimum absolute atomic E-state index is 0.192. The van der Waals surface area contributed by atoms with Crippen LogP contribution in [-0.2, 0) is 0 Å². The second kappa shape index (κ2) is 8.87. The van der Waals surface area contributed by atoms with Crippen LogP contribution in [0.25, 0.3) is 11.3 Å². The molecule has 6 nitrogen and oxygen atoms in total. The van der Waals surface area contributed by atoms with Gasteiger partial charge in [0, 0.05) is 22.9 Å². The summed E-state index contributed by atoms with van der Waals surface area (Å²) in [6.07, 6.45) is 1.43. The molecule has 0 saturated heterocycles. The zero-order valence-electron chi connectivity index (χ0n) is 16.3. The highest BCUT2D eigenvalue weighted by Gasteiger charge is 2.11. The second-order valence-electron chi connectivity index (χ2n) is 6.40. The fourth-order valence-electron chi connectivity index (χ4n) is 2.91. The van der Waals surface area contributed by atoms with Gasteiger partial charge < -0.3 is 14.8 Å². The first-order valence-electron chi connectivity index (χ1n) is 9.33. The van der Waals surface area contributed by atoms with Crippen molar-refractivity contribution < 1.29 is 14.3 Å². The predicted molar refractivity (Wildman–Crippen MR) is 115 cm³/mol. The molecule has 1 N–H and O–H groups in total. The highest BCUT2D eigenvalue weighted by atomic mass is 16.5. The van der Waals surface area contributed by atoms with E-state index in [2.05, 4.69) is 15.3 Å². The maximum absolute atomic E-state index is 12.6. The van der Waals surface area contributed by atoms with Crippen LogP contribution >= 0.6 is 0 Å². The lowest BCUT2D eigenvalue weighted by molar-refractivity contribution is 0.102. The fraction of sp³-hybridized carbons (Fsp3) is 0.0417. The van der Waals surface area contributed by atoms with Gasteiger partial charge in [0.05, 0.1) is 12.8 Å². The molecule has 6 heteroatoms. The maximum Gasteiger partial charge on any atom is 0.255 e. The highest BCUT2D eigenvalue weighted by molar-refractivity contribution is 6.04. The first kappa shape index (κ1) is 19.1. The topological polar surface area (TPSA) is 73.3 Å². The highest BCUT2D eigenvalue weighted by Crippen LogP contribution is 2.31. The standard InChI is InChI=1S/C24H19N3O3/c1-29-21-12-5-6-13-22(21)30-23-15-20(25-16-26-23)17-8-7-9-18(14-17)24(28)27-19-10-3-2-4-11-19/h2-16H,1H3,(H,27,28). The molecule has 1 aromatic heterocycles. The monoisotopic (exact) mass is 397 g/mol. The van der Waals surface area contributed by atoms with Gasteiger partial charge in [0.15, 0.2) is 11.5 Å². The Morgan fingerprint density at radius 1 is 0.833 bits per heavy atom. The normalized spacial score (nSPS) is 10.3. The summed E-state index contributed by atoms with van der Waals surface area (Å²) in [6, 6.07) is 25.6. The van der Waals surface area contributed by atoms with Crippen LogP contribution in [0.3, 0.4) is 0 Å². The van der Waals surface area contributed by atoms with Crippen molar-refractivity contribution in [2.45, 2.75) is 0 Å². The molecule has 1 amide bonds. The van der Waals surface area contributed by atoms with Crippen LogP contribution < -0.4 is 14.8 Å². The molecule has 0 aliphatic carbocycles. The third-order valence-electron chi connectivity index (χ3n) is 4.38. The number of anilines is 1. The molecule has 148 valence electrons. The van der Waals surface area contributed by atoms with Gasteiger partial charge in [-0.25, -0.2) is 9.97 Å². The molecule has 0 saturated carbocycles. The van der Waals surface area contributed by atoms with Crippen molar-refractivity contribution in [2.75, 3.05) is 12.4 Å². The number of nitrogens with zero attached hydrogens (tertiary/aromatic N) is 2. The van der Waals surface area contributed by atoms with Gasteiger partial charge >= 0.3 is 0 Å². The molecule has 0 fully saturated rings. The van der Waals surface area contributed by atoms with Crippen molar-refractivity contribution in [1.82, 2.24) is 9.97 Å². The quantitative estimate of drug-likeness (QED) is 0.484. The van der Waals surface area contributed by atoms with E-state index < -0.39 is 0 Å². The third-order valence-corrected chi connectivity index (χ3v) is 4.38. The number of carbonyl (C=O) groups is 1. The number of ether oxygens (including phenoxy) is 2. The second-order valence-corrected chi connectivity index (χ2v) is 6.40. The van der Waals surface area contributed by atoms with Crippen LogP contribution in [0.15, 0.2) is 91.3 Å². The van der Waals surface area contributed by atoms with Crippen molar-refractivity contribution in [3.63, 3.8) is 0 Å². The fourth-order valence-corrected chi connectivity index (χ4v) is 2.91. The zero-order valence-corrected chi connectivity index (χ0v) is 16.3. The number of methoxy groups -OCH3 is 1. The molecule has 0 aliphatic rings. The summed E-state index contributed by atoms with van der Waals surface area (Å²) in [4.78, 5) is 21.1. The Morgan fingerprint density at radius 2 is 1.60 bits per heavy atom. The molecular formula is C24H19N3O3. The van der Waals surface area contributed by atoms with E-state index >= 15 is 0 Å². The number of benzene rings is 3. The van der Waals surface area contributed by atoms with E-state index in [4.69, 9.17) is 9.47 Å². The molecule has 1 heterocycles. The van der Waals surface area contributed by atoms with Crippen molar-refractivity contribution in [1.29, 1.82) is 0 Å². The van der Waals surface area contributed by atoms with Gasteiger partial charge in [0.1, 0.15) is 6.33 Å². The minimum atomic E-state index is -0.192. The molecule has 3 aromatic carbocycles. The minimum Gasteiger partial charge on any atom is -0.493 e. The average Bonchev–Trinajstić information content (AvgIpc) is 2.80. The Bertz CT molecular complexity index is 1160. The van der Waals surface area contributed by atoms with Crippen LogP contribution in [0.4, 0.5) is 5.69 Å². The van der Waals surface area contributed by atoms with Gasteiger partial charge in [-0.3, -0.25) is 4.79 Å². The number of para-hydroxylation sites is 3. The van der Waals surface area contributed by atoms with Crippen LogP contribution in [0.5, 0.6) is 17.4 Å². The smallest absolute Gasteiger partial charge is 0.255 e. The lowest BCUT2D eigenvalue weighted by Gasteiger charge is -2.10. The van der Waals surface area contributed by atoms with Gasteiger partial charge in [0.25, 0.3) is 5.91 Å². The van der Waals surface area contributed by atoms with E-state index in [0.717, 1.165) is 11.3 Å². The summed E-state index contributed by atoms with van der Waals surface area (Å²) < 4.78 is 11.2. The molecule has 0 atom stereocenters. The van der Waals surface area contributed by atoms with E-state index in [1.54, 1.807) is 31.4 Å². The van der Waals surface area contributed by atoms with E-state index in [0.29, 0.717) is 28.6 Å². The molecule has 0 aliphatic heterocycles. The average molecular weight is 397 g/mol. The van der Waals surface area contributed by atoms with Crippen molar-refractivity contribution in [2.24, 2.45) is 0 Å². The molecule has 0 spiro atoms. The van der Waals surface area contributed by atoms with Gasteiger partial charge in [-0.05, 0) is 36.4 Å². The lowest BCUT2D eigenvalue weighted by Crippen LogP contribution is -2.11. The van der Waals surface area contributed by atoms with Crippen LogP contribution in [0.1, 0.15) is 10.4 Å².